The maximum Gasteiger partial charge on any atom is 0.250 e. The lowest BCUT2D eigenvalue weighted by atomic mass is 10.2. The SMILES string of the molecule is COc1cc(N)ccc1Oc1ccc(C(N)=O)cn1. The van der Waals surface area contributed by atoms with E-state index in [9.17, 15) is 4.79 Å². The first kappa shape index (κ1) is 12.7. The molecule has 1 aromatic heterocycles. The van der Waals surface area contributed by atoms with Gasteiger partial charge in [0, 0.05) is 24.0 Å². The van der Waals surface area contributed by atoms with Crippen molar-refractivity contribution in [3.63, 3.8) is 0 Å². The molecule has 2 rings (SSSR count). The summed E-state index contributed by atoms with van der Waals surface area (Å²) in [5, 5.41) is 0. The van der Waals surface area contributed by atoms with Gasteiger partial charge in [0.1, 0.15) is 0 Å². The molecule has 0 aliphatic heterocycles. The van der Waals surface area contributed by atoms with E-state index in [2.05, 4.69) is 4.98 Å². The van der Waals surface area contributed by atoms with Crippen LogP contribution in [0.2, 0.25) is 0 Å². The minimum absolute atomic E-state index is 0.316. The number of rotatable bonds is 4. The van der Waals surface area contributed by atoms with E-state index in [0.29, 0.717) is 28.6 Å². The molecule has 0 atom stereocenters. The maximum atomic E-state index is 10.9. The third-order valence-corrected chi connectivity index (χ3v) is 2.42. The van der Waals surface area contributed by atoms with Crippen molar-refractivity contribution in [3.05, 3.63) is 42.1 Å². The number of anilines is 1. The predicted octanol–water partition coefficient (Wildman–Crippen LogP) is 1.56. The Morgan fingerprint density at radius 2 is 2.00 bits per heavy atom. The largest absolute Gasteiger partial charge is 0.493 e. The summed E-state index contributed by atoms with van der Waals surface area (Å²) in [5.74, 6) is 0.772. The van der Waals surface area contributed by atoms with E-state index in [1.54, 1.807) is 24.3 Å². The Labute approximate surface area is 110 Å². The van der Waals surface area contributed by atoms with Crippen molar-refractivity contribution < 1.29 is 14.3 Å². The number of aromatic nitrogens is 1. The normalized spacial score (nSPS) is 9.95. The van der Waals surface area contributed by atoms with Crippen molar-refractivity contribution in [2.24, 2.45) is 5.73 Å². The number of carbonyl (C=O) groups is 1. The molecule has 0 aliphatic carbocycles. The van der Waals surface area contributed by atoms with Gasteiger partial charge in [-0.25, -0.2) is 4.98 Å². The van der Waals surface area contributed by atoms with Crippen LogP contribution in [0.4, 0.5) is 5.69 Å². The van der Waals surface area contributed by atoms with Gasteiger partial charge in [0.2, 0.25) is 11.8 Å². The van der Waals surface area contributed by atoms with Gasteiger partial charge in [-0.05, 0) is 18.2 Å². The number of hydrogen-bond acceptors (Lipinski definition) is 5. The van der Waals surface area contributed by atoms with Gasteiger partial charge in [0.25, 0.3) is 0 Å². The molecule has 0 bridgehead atoms. The summed E-state index contributed by atoms with van der Waals surface area (Å²) in [4.78, 5) is 14.9. The van der Waals surface area contributed by atoms with Crippen LogP contribution in [0.5, 0.6) is 17.4 Å². The summed E-state index contributed by atoms with van der Waals surface area (Å²) in [5.41, 5.74) is 11.7. The lowest BCUT2D eigenvalue weighted by Crippen LogP contribution is -2.10. The van der Waals surface area contributed by atoms with E-state index >= 15 is 0 Å². The molecule has 0 saturated heterocycles. The van der Waals surface area contributed by atoms with Crippen LogP contribution in [-0.2, 0) is 0 Å². The Kier molecular flexibility index (Phi) is 3.51. The van der Waals surface area contributed by atoms with Crippen molar-refractivity contribution >= 4 is 11.6 Å². The second kappa shape index (κ2) is 5.26. The van der Waals surface area contributed by atoms with Gasteiger partial charge in [-0.1, -0.05) is 0 Å². The van der Waals surface area contributed by atoms with Crippen LogP contribution >= 0.6 is 0 Å². The summed E-state index contributed by atoms with van der Waals surface area (Å²) in [6.07, 6.45) is 1.35. The zero-order valence-corrected chi connectivity index (χ0v) is 10.3. The lowest BCUT2D eigenvalue weighted by Gasteiger charge is -2.10. The number of carbonyl (C=O) groups excluding carboxylic acids is 1. The van der Waals surface area contributed by atoms with Crippen molar-refractivity contribution in [2.75, 3.05) is 12.8 Å². The molecule has 0 aliphatic rings. The topological polar surface area (TPSA) is 100 Å². The Balaban J connectivity index is 2.23. The van der Waals surface area contributed by atoms with E-state index < -0.39 is 5.91 Å². The number of amides is 1. The number of nitrogen functional groups attached to an aromatic ring is 1. The standard InChI is InChI=1S/C13H13N3O3/c1-18-11-6-9(14)3-4-10(11)19-12-5-2-8(7-16-12)13(15)17/h2-7H,14H2,1H3,(H2,15,17). The Morgan fingerprint density at radius 1 is 1.21 bits per heavy atom. The van der Waals surface area contributed by atoms with E-state index in [0.717, 1.165) is 0 Å². The summed E-state index contributed by atoms with van der Waals surface area (Å²) in [7, 11) is 1.52. The number of methoxy groups -OCH3 is 1. The molecule has 6 heteroatoms. The summed E-state index contributed by atoms with van der Waals surface area (Å²) in [6.45, 7) is 0. The number of pyridine rings is 1. The van der Waals surface area contributed by atoms with Crippen molar-refractivity contribution in [1.82, 2.24) is 4.98 Å². The number of ether oxygens (including phenoxy) is 2. The van der Waals surface area contributed by atoms with Gasteiger partial charge >= 0.3 is 0 Å². The molecule has 0 spiro atoms. The number of nitrogens with zero attached hydrogens (tertiary/aromatic N) is 1. The Morgan fingerprint density at radius 3 is 2.58 bits per heavy atom. The molecule has 19 heavy (non-hydrogen) atoms. The highest BCUT2D eigenvalue weighted by Gasteiger charge is 2.07. The average molecular weight is 259 g/mol. The van der Waals surface area contributed by atoms with E-state index in [4.69, 9.17) is 20.9 Å². The molecule has 1 heterocycles. The second-order valence-corrected chi connectivity index (χ2v) is 3.76. The molecule has 0 saturated carbocycles. The molecule has 6 nitrogen and oxygen atoms in total. The first-order valence-electron chi connectivity index (χ1n) is 5.47. The number of hydrogen-bond donors (Lipinski definition) is 2. The number of primary amides is 1. The molecular weight excluding hydrogens is 246 g/mol. The van der Waals surface area contributed by atoms with E-state index in [-0.39, 0.29) is 0 Å². The zero-order chi connectivity index (χ0) is 13.8. The zero-order valence-electron chi connectivity index (χ0n) is 10.3. The van der Waals surface area contributed by atoms with Crippen LogP contribution in [0.3, 0.4) is 0 Å². The molecule has 1 amide bonds. The molecule has 0 unspecified atom stereocenters. The summed E-state index contributed by atoms with van der Waals surface area (Å²) in [6, 6.07) is 8.10. The van der Waals surface area contributed by atoms with Gasteiger partial charge < -0.3 is 20.9 Å². The first-order chi connectivity index (χ1) is 9.10. The minimum atomic E-state index is -0.538. The fourth-order valence-corrected chi connectivity index (χ4v) is 1.47. The fraction of sp³-hybridized carbons (Fsp3) is 0.0769. The molecule has 4 N–H and O–H groups in total. The highest BCUT2D eigenvalue weighted by atomic mass is 16.5. The third-order valence-electron chi connectivity index (χ3n) is 2.42. The monoisotopic (exact) mass is 259 g/mol. The van der Waals surface area contributed by atoms with Crippen LogP contribution in [0.15, 0.2) is 36.5 Å². The highest BCUT2D eigenvalue weighted by Crippen LogP contribution is 2.32. The van der Waals surface area contributed by atoms with Crippen LogP contribution in [0.1, 0.15) is 10.4 Å². The molecule has 98 valence electrons. The molecule has 2 aromatic rings. The Bertz CT molecular complexity index is 597. The van der Waals surface area contributed by atoms with Crippen molar-refractivity contribution in [1.29, 1.82) is 0 Å². The quantitative estimate of drug-likeness (QED) is 0.811. The van der Waals surface area contributed by atoms with Crippen LogP contribution < -0.4 is 20.9 Å². The van der Waals surface area contributed by atoms with Crippen LogP contribution in [0, 0.1) is 0 Å². The van der Waals surface area contributed by atoms with Gasteiger partial charge in [0.05, 0.1) is 12.7 Å². The fourth-order valence-electron chi connectivity index (χ4n) is 1.47. The minimum Gasteiger partial charge on any atom is -0.493 e. The van der Waals surface area contributed by atoms with E-state index in [1.165, 1.54) is 19.4 Å². The average Bonchev–Trinajstić information content (AvgIpc) is 2.41. The smallest absolute Gasteiger partial charge is 0.250 e. The lowest BCUT2D eigenvalue weighted by molar-refractivity contribution is 0.1000. The molecule has 0 fully saturated rings. The van der Waals surface area contributed by atoms with Gasteiger partial charge in [-0.3, -0.25) is 4.79 Å². The van der Waals surface area contributed by atoms with Crippen molar-refractivity contribution in [3.8, 4) is 17.4 Å². The number of benzene rings is 1. The molecule has 1 aromatic carbocycles. The molecular formula is C13H13N3O3. The third kappa shape index (κ3) is 2.92. The van der Waals surface area contributed by atoms with Crippen LogP contribution in [0.25, 0.3) is 0 Å². The predicted molar refractivity (Wildman–Crippen MR) is 70.2 cm³/mol. The number of nitrogens with two attached hydrogens (primary N) is 2. The highest BCUT2D eigenvalue weighted by molar-refractivity contribution is 5.92. The molecule has 0 radical (unpaired) electrons. The van der Waals surface area contributed by atoms with Gasteiger partial charge in [-0.2, -0.15) is 0 Å². The maximum absolute atomic E-state index is 10.9. The summed E-state index contributed by atoms with van der Waals surface area (Å²) < 4.78 is 10.7. The second-order valence-electron chi connectivity index (χ2n) is 3.76. The van der Waals surface area contributed by atoms with E-state index in [1.807, 2.05) is 0 Å². The first-order valence-corrected chi connectivity index (χ1v) is 5.47. The Hall–Kier alpha value is -2.76. The van der Waals surface area contributed by atoms with Gasteiger partial charge in [0.15, 0.2) is 11.5 Å². The summed E-state index contributed by atoms with van der Waals surface area (Å²) >= 11 is 0. The van der Waals surface area contributed by atoms with Crippen LogP contribution in [-0.4, -0.2) is 18.0 Å². The van der Waals surface area contributed by atoms with Gasteiger partial charge in [-0.15, -0.1) is 0 Å². The van der Waals surface area contributed by atoms with Crippen molar-refractivity contribution in [2.45, 2.75) is 0 Å².